The summed E-state index contributed by atoms with van der Waals surface area (Å²) in [7, 11) is 1.35. The second kappa shape index (κ2) is 4.61. The molecule has 0 aromatic carbocycles. The lowest BCUT2D eigenvalue weighted by atomic mass is 9.97. The van der Waals surface area contributed by atoms with Crippen molar-refractivity contribution in [3.05, 3.63) is 11.1 Å². The summed E-state index contributed by atoms with van der Waals surface area (Å²) in [5.74, 6) is -0.393. The van der Waals surface area contributed by atoms with Crippen LogP contribution >= 0.6 is 11.3 Å². The quantitative estimate of drug-likeness (QED) is 0.807. The average Bonchev–Trinajstić information content (AvgIpc) is 2.61. The number of rotatable bonds is 3. The van der Waals surface area contributed by atoms with Gasteiger partial charge in [-0.1, -0.05) is 20.8 Å². The van der Waals surface area contributed by atoms with Gasteiger partial charge in [0.25, 0.3) is 0 Å². The zero-order valence-electron chi connectivity index (χ0n) is 9.46. The predicted molar refractivity (Wildman–Crippen MR) is 61.4 cm³/mol. The topological polar surface area (TPSA) is 51.2 Å². The van der Waals surface area contributed by atoms with Crippen LogP contribution in [0.25, 0.3) is 0 Å². The summed E-state index contributed by atoms with van der Waals surface area (Å²) < 4.78 is 4.57. The third kappa shape index (κ3) is 3.87. The second-order valence-corrected chi connectivity index (χ2v) is 5.30. The Morgan fingerprint density at radius 3 is 2.80 bits per heavy atom. The van der Waals surface area contributed by atoms with Gasteiger partial charge >= 0.3 is 5.97 Å². The largest absolute Gasteiger partial charge is 0.464 e. The number of nitrogens with one attached hydrogen (secondary N) is 1. The minimum absolute atomic E-state index is 0.192. The molecule has 0 unspecified atom stereocenters. The van der Waals surface area contributed by atoms with Gasteiger partial charge in [-0.3, -0.25) is 0 Å². The molecule has 1 heterocycles. The van der Waals surface area contributed by atoms with Gasteiger partial charge in [-0.05, 0) is 5.41 Å². The lowest BCUT2D eigenvalue weighted by Crippen LogP contribution is -2.19. The molecule has 0 amide bonds. The maximum atomic E-state index is 11.1. The van der Waals surface area contributed by atoms with Gasteiger partial charge in [-0.15, -0.1) is 11.3 Å². The Bertz CT molecular complexity index is 341. The number of hydrogen-bond acceptors (Lipinski definition) is 5. The molecule has 1 N–H and O–H groups in total. The summed E-state index contributed by atoms with van der Waals surface area (Å²) >= 11 is 1.41. The number of anilines is 1. The van der Waals surface area contributed by atoms with Gasteiger partial charge in [0.15, 0.2) is 10.8 Å². The Morgan fingerprint density at radius 2 is 2.27 bits per heavy atom. The summed E-state index contributed by atoms with van der Waals surface area (Å²) in [6, 6.07) is 0. The highest BCUT2D eigenvalue weighted by Crippen LogP contribution is 2.19. The fourth-order valence-electron chi connectivity index (χ4n) is 0.894. The summed E-state index contributed by atoms with van der Waals surface area (Å²) in [4.78, 5) is 15.2. The van der Waals surface area contributed by atoms with E-state index in [1.54, 1.807) is 5.38 Å². The van der Waals surface area contributed by atoms with Gasteiger partial charge in [0.2, 0.25) is 0 Å². The van der Waals surface area contributed by atoms with Crippen LogP contribution in [0.4, 0.5) is 5.13 Å². The minimum Gasteiger partial charge on any atom is -0.464 e. The van der Waals surface area contributed by atoms with E-state index in [2.05, 4.69) is 35.8 Å². The third-order valence-electron chi connectivity index (χ3n) is 1.67. The molecule has 4 nitrogen and oxygen atoms in total. The van der Waals surface area contributed by atoms with Gasteiger partial charge in [-0.2, -0.15) is 0 Å². The standard InChI is InChI=1S/C10H16N2O2S/c1-10(2,3)6-11-9-12-7(5-15-9)8(13)14-4/h5H,6H2,1-4H3,(H,11,12). The van der Waals surface area contributed by atoms with E-state index in [1.807, 2.05) is 0 Å². The Morgan fingerprint density at radius 1 is 1.60 bits per heavy atom. The van der Waals surface area contributed by atoms with Crippen LogP contribution in [0.2, 0.25) is 0 Å². The molecule has 0 radical (unpaired) electrons. The molecule has 0 bridgehead atoms. The van der Waals surface area contributed by atoms with Gasteiger partial charge < -0.3 is 10.1 Å². The predicted octanol–water partition coefficient (Wildman–Crippen LogP) is 2.39. The number of methoxy groups -OCH3 is 1. The van der Waals surface area contributed by atoms with Crippen molar-refractivity contribution in [3.8, 4) is 0 Å². The normalized spacial score (nSPS) is 11.2. The Balaban J connectivity index is 2.57. The van der Waals surface area contributed by atoms with E-state index in [-0.39, 0.29) is 5.41 Å². The first-order valence-corrected chi connectivity index (χ1v) is 5.58. The number of nitrogens with zero attached hydrogens (tertiary/aromatic N) is 1. The van der Waals surface area contributed by atoms with E-state index in [1.165, 1.54) is 18.4 Å². The Labute approximate surface area is 93.7 Å². The molecule has 0 saturated carbocycles. The SMILES string of the molecule is COC(=O)c1csc(NCC(C)(C)C)n1. The highest BCUT2D eigenvalue weighted by molar-refractivity contribution is 7.13. The first-order valence-electron chi connectivity index (χ1n) is 4.70. The van der Waals surface area contributed by atoms with Crippen LogP contribution in [-0.4, -0.2) is 24.6 Å². The minimum atomic E-state index is -0.393. The average molecular weight is 228 g/mol. The van der Waals surface area contributed by atoms with Gasteiger partial charge in [0, 0.05) is 11.9 Å². The molecule has 0 atom stereocenters. The van der Waals surface area contributed by atoms with Crippen molar-refractivity contribution < 1.29 is 9.53 Å². The third-order valence-corrected chi connectivity index (χ3v) is 2.47. The molecular weight excluding hydrogens is 212 g/mol. The van der Waals surface area contributed by atoms with Crippen molar-refractivity contribution in [1.29, 1.82) is 0 Å². The van der Waals surface area contributed by atoms with Gasteiger partial charge in [-0.25, -0.2) is 9.78 Å². The molecule has 1 aromatic rings. The van der Waals surface area contributed by atoms with Crippen molar-refractivity contribution in [2.75, 3.05) is 19.0 Å². The Kier molecular flexibility index (Phi) is 3.68. The number of carbonyl (C=O) groups is 1. The number of hydrogen-bond donors (Lipinski definition) is 1. The van der Waals surface area contributed by atoms with E-state index < -0.39 is 5.97 Å². The Hall–Kier alpha value is -1.10. The fraction of sp³-hybridized carbons (Fsp3) is 0.600. The molecule has 0 aliphatic heterocycles. The van der Waals surface area contributed by atoms with Crippen LogP contribution in [0.1, 0.15) is 31.3 Å². The van der Waals surface area contributed by atoms with Crippen LogP contribution in [0.15, 0.2) is 5.38 Å². The molecule has 0 fully saturated rings. The van der Waals surface area contributed by atoms with Crippen LogP contribution in [0.5, 0.6) is 0 Å². The monoisotopic (exact) mass is 228 g/mol. The van der Waals surface area contributed by atoms with E-state index >= 15 is 0 Å². The smallest absolute Gasteiger partial charge is 0.357 e. The summed E-state index contributed by atoms with van der Waals surface area (Å²) in [6.07, 6.45) is 0. The molecule has 0 spiro atoms. The van der Waals surface area contributed by atoms with Crippen molar-refractivity contribution in [1.82, 2.24) is 4.98 Å². The number of carbonyl (C=O) groups excluding carboxylic acids is 1. The lowest BCUT2D eigenvalue weighted by Gasteiger charge is -2.17. The molecule has 5 heteroatoms. The highest BCUT2D eigenvalue weighted by Gasteiger charge is 2.13. The zero-order valence-corrected chi connectivity index (χ0v) is 10.3. The molecule has 0 saturated heterocycles. The van der Waals surface area contributed by atoms with Crippen LogP contribution in [-0.2, 0) is 4.74 Å². The maximum Gasteiger partial charge on any atom is 0.357 e. The van der Waals surface area contributed by atoms with Crippen LogP contribution in [0.3, 0.4) is 0 Å². The first kappa shape index (κ1) is 12.0. The van der Waals surface area contributed by atoms with Crippen molar-refractivity contribution in [3.63, 3.8) is 0 Å². The lowest BCUT2D eigenvalue weighted by molar-refractivity contribution is 0.0595. The van der Waals surface area contributed by atoms with E-state index in [0.717, 1.165) is 11.7 Å². The van der Waals surface area contributed by atoms with Crippen molar-refractivity contribution in [2.24, 2.45) is 5.41 Å². The van der Waals surface area contributed by atoms with E-state index in [9.17, 15) is 4.79 Å². The molecule has 1 rings (SSSR count). The van der Waals surface area contributed by atoms with E-state index in [0.29, 0.717) is 5.69 Å². The van der Waals surface area contributed by atoms with Gasteiger partial charge in [0.1, 0.15) is 0 Å². The van der Waals surface area contributed by atoms with Crippen molar-refractivity contribution >= 4 is 22.4 Å². The van der Waals surface area contributed by atoms with E-state index in [4.69, 9.17) is 0 Å². The number of aromatic nitrogens is 1. The summed E-state index contributed by atoms with van der Waals surface area (Å²) in [6.45, 7) is 7.22. The maximum absolute atomic E-state index is 11.1. The molecule has 0 aliphatic carbocycles. The van der Waals surface area contributed by atoms with Gasteiger partial charge in [0.05, 0.1) is 7.11 Å². The van der Waals surface area contributed by atoms with Crippen LogP contribution < -0.4 is 5.32 Å². The molecular formula is C10H16N2O2S. The summed E-state index contributed by atoms with van der Waals surface area (Å²) in [5.41, 5.74) is 0.552. The summed E-state index contributed by atoms with van der Waals surface area (Å²) in [5, 5.41) is 5.63. The fourth-order valence-corrected chi connectivity index (χ4v) is 1.57. The first-order chi connectivity index (χ1) is 6.92. The molecule has 0 aliphatic rings. The zero-order chi connectivity index (χ0) is 11.5. The number of ether oxygens (including phenoxy) is 1. The molecule has 1 aromatic heterocycles. The number of esters is 1. The highest BCUT2D eigenvalue weighted by atomic mass is 32.1. The van der Waals surface area contributed by atoms with Crippen molar-refractivity contribution in [2.45, 2.75) is 20.8 Å². The number of thiazole rings is 1. The second-order valence-electron chi connectivity index (χ2n) is 4.44. The molecule has 84 valence electrons. The molecule has 15 heavy (non-hydrogen) atoms. The van der Waals surface area contributed by atoms with Crippen LogP contribution in [0, 0.1) is 5.41 Å².